The van der Waals surface area contributed by atoms with Crippen LogP contribution in [0.1, 0.15) is 25.0 Å². The maximum absolute atomic E-state index is 5.44. The van der Waals surface area contributed by atoms with Gasteiger partial charge in [0.25, 0.3) is 0 Å². The average Bonchev–Trinajstić information content (AvgIpc) is 3.64. The highest BCUT2D eigenvalue weighted by Gasteiger charge is 2.37. The highest BCUT2D eigenvalue weighted by molar-refractivity contribution is 6.16. The van der Waals surface area contributed by atoms with Crippen molar-refractivity contribution < 1.29 is 0 Å². The lowest BCUT2D eigenvalue weighted by Crippen LogP contribution is -2.14. The summed E-state index contributed by atoms with van der Waals surface area (Å²) in [7, 11) is 0. The molecule has 236 valence electrons. The minimum Gasteiger partial charge on any atom is -0.309 e. The molecule has 7 aromatic carbocycles. The summed E-state index contributed by atoms with van der Waals surface area (Å²) in [5, 5.41) is 3.54. The smallest absolute Gasteiger partial charge is 0.160 e. The molecule has 3 heteroatoms. The largest absolute Gasteiger partial charge is 0.309 e. The summed E-state index contributed by atoms with van der Waals surface area (Å²) in [6, 6.07) is 58.6. The summed E-state index contributed by atoms with van der Waals surface area (Å²) < 4.78 is 2.37. The zero-order valence-electron chi connectivity index (χ0n) is 27.9. The van der Waals surface area contributed by atoms with Crippen molar-refractivity contribution in [2.45, 2.75) is 19.3 Å². The first-order chi connectivity index (χ1) is 24.6. The molecule has 0 radical (unpaired) electrons. The van der Waals surface area contributed by atoms with Crippen molar-refractivity contribution in [1.29, 1.82) is 0 Å². The number of nitrogens with zero attached hydrogens (tertiary/aromatic N) is 3. The monoisotopic (exact) mass is 639 g/mol. The van der Waals surface area contributed by atoms with E-state index in [1.165, 1.54) is 49.6 Å². The van der Waals surface area contributed by atoms with E-state index in [0.717, 1.165) is 44.8 Å². The number of benzene rings is 7. The number of para-hydroxylation sites is 2. The molecule has 0 saturated heterocycles. The van der Waals surface area contributed by atoms with E-state index in [0.29, 0.717) is 0 Å². The van der Waals surface area contributed by atoms with Crippen molar-refractivity contribution in [3.05, 3.63) is 175 Å². The first kappa shape index (κ1) is 28.7. The lowest BCUT2D eigenvalue weighted by atomic mass is 9.82. The molecule has 1 aliphatic carbocycles. The van der Waals surface area contributed by atoms with Gasteiger partial charge in [0.2, 0.25) is 0 Å². The molecule has 0 bridgehead atoms. The van der Waals surface area contributed by atoms with E-state index in [-0.39, 0.29) is 5.41 Å². The second kappa shape index (κ2) is 10.8. The fourth-order valence-electron chi connectivity index (χ4n) is 8.27. The third-order valence-electron chi connectivity index (χ3n) is 10.6. The molecule has 9 aromatic rings. The highest BCUT2D eigenvalue weighted by Crippen LogP contribution is 2.51. The van der Waals surface area contributed by atoms with Crippen LogP contribution in [0, 0.1) is 0 Å². The number of hydrogen-bond donors (Lipinski definition) is 0. The zero-order chi connectivity index (χ0) is 33.4. The van der Waals surface area contributed by atoms with Gasteiger partial charge in [-0.3, -0.25) is 0 Å². The fourth-order valence-corrected chi connectivity index (χ4v) is 8.27. The Kier molecular flexibility index (Phi) is 6.22. The number of rotatable bonds is 4. The van der Waals surface area contributed by atoms with Crippen LogP contribution in [0.4, 0.5) is 0 Å². The van der Waals surface area contributed by atoms with Crippen molar-refractivity contribution in [3.63, 3.8) is 0 Å². The Morgan fingerprint density at radius 3 is 2.00 bits per heavy atom. The molecule has 50 heavy (non-hydrogen) atoms. The van der Waals surface area contributed by atoms with E-state index in [1.807, 2.05) is 0 Å². The Morgan fingerprint density at radius 2 is 1.14 bits per heavy atom. The van der Waals surface area contributed by atoms with Crippen LogP contribution in [0.3, 0.4) is 0 Å². The van der Waals surface area contributed by atoms with Crippen LogP contribution in [-0.4, -0.2) is 14.5 Å². The van der Waals surface area contributed by atoms with E-state index in [1.54, 1.807) is 0 Å². The van der Waals surface area contributed by atoms with Crippen molar-refractivity contribution >= 4 is 32.7 Å². The second-order valence-corrected chi connectivity index (χ2v) is 13.8. The van der Waals surface area contributed by atoms with Gasteiger partial charge >= 0.3 is 0 Å². The lowest BCUT2D eigenvalue weighted by molar-refractivity contribution is 0.661. The van der Waals surface area contributed by atoms with E-state index in [2.05, 4.69) is 182 Å². The number of fused-ring (bicyclic) bond motifs is 8. The normalized spacial score (nSPS) is 13.2. The van der Waals surface area contributed by atoms with Crippen molar-refractivity contribution in [2.24, 2.45) is 0 Å². The molecule has 1 aliphatic rings. The molecule has 2 aromatic heterocycles. The van der Waals surface area contributed by atoms with E-state index in [9.17, 15) is 0 Å². The molecule has 0 aliphatic heterocycles. The molecule has 0 amide bonds. The molecular weight excluding hydrogens is 607 g/mol. The zero-order valence-corrected chi connectivity index (χ0v) is 27.9. The molecule has 0 spiro atoms. The predicted molar refractivity (Wildman–Crippen MR) is 208 cm³/mol. The van der Waals surface area contributed by atoms with Gasteiger partial charge in [-0.25, -0.2) is 9.97 Å². The van der Waals surface area contributed by atoms with Gasteiger partial charge in [0.05, 0.1) is 22.2 Å². The Balaban J connectivity index is 1.22. The van der Waals surface area contributed by atoms with Crippen molar-refractivity contribution in [1.82, 2.24) is 14.5 Å². The summed E-state index contributed by atoms with van der Waals surface area (Å²) in [6.07, 6.45) is 0. The quantitative estimate of drug-likeness (QED) is 0.192. The van der Waals surface area contributed by atoms with Crippen LogP contribution in [0.25, 0.3) is 83.3 Å². The number of hydrogen-bond acceptors (Lipinski definition) is 2. The highest BCUT2D eigenvalue weighted by atomic mass is 15.0. The molecule has 0 saturated carbocycles. The summed E-state index contributed by atoms with van der Waals surface area (Å²) in [5.41, 5.74) is 14.9. The van der Waals surface area contributed by atoms with Gasteiger partial charge in [-0.2, -0.15) is 0 Å². The van der Waals surface area contributed by atoms with Gasteiger partial charge in [0.15, 0.2) is 5.82 Å². The van der Waals surface area contributed by atoms with Gasteiger partial charge in [-0.15, -0.1) is 0 Å². The Bertz CT molecular complexity index is 2770. The fraction of sp³-hybridized carbons (Fsp3) is 0.0638. The standard InChI is InChI=1S/C47H33N3/c1-47(2)38-24-11-9-21-35(38)43-39(47)28-27-37-44(30-15-5-3-6-16-30)48-46(49-45(37)43)32-18-13-17-31(29-32)34-23-14-26-41-42(34)36-22-10-12-25-40(36)50(41)33-19-7-4-8-20-33/h3-29H,1-2H3. The third kappa shape index (κ3) is 4.17. The Hall–Kier alpha value is -6.32. The van der Waals surface area contributed by atoms with Crippen molar-refractivity contribution in [3.8, 4) is 50.6 Å². The first-order valence-corrected chi connectivity index (χ1v) is 17.3. The van der Waals surface area contributed by atoms with Gasteiger partial charge in [0.1, 0.15) is 0 Å². The van der Waals surface area contributed by atoms with Crippen LogP contribution < -0.4 is 0 Å². The van der Waals surface area contributed by atoms with E-state index >= 15 is 0 Å². The molecule has 0 fully saturated rings. The van der Waals surface area contributed by atoms with Crippen LogP contribution in [0.2, 0.25) is 0 Å². The van der Waals surface area contributed by atoms with Crippen LogP contribution in [0.5, 0.6) is 0 Å². The lowest BCUT2D eigenvalue weighted by Gasteiger charge is -2.21. The van der Waals surface area contributed by atoms with E-state index < -0.39 is 0 Å². The first-order valence-electron chi connectivity index (χ1n) is 17.3. The molecule has 0 atom stereocenters. The van der Waals surface area contributed by atoms with E-state index in [4.69, 9.17) is 9.97 Å². The van der Waals surface area contributed by atoms with Crippen LogP contribution >= 0.6 is 0 Å². The summed E-state index contributed by atoms with van der Waals surface area (Å²) in [5.74, 6) is 0.729. The maximum Gasteiger partial charge on any atom is 0.160 e. The third-order valence-corrected chi connectivity index (χ3v) is 10.6. The average molecular weight is 640 g/mol. The maximum atomic E-state index is 5.44. The van der Waals surface area contributed by atoms with Crippen LogP contribution in [0.15, 0.2) is 164 Å². The summed E-state index contributed by atoms with van der Waals surface area (Å²) >= 11 is 0. The number of aromatic nitrogens is 3. The minimum absolute atomic E-state index is 0.115. The van der Waals surface area contributed by atoms with Gasteiger partial charge in [-0.05, 0) is 58.1 Å². The van der Waals surface area contributed by atoms with Gasteiger partial charge in [0, 0.05) is 44.0 Å². The summed E-state index contributed by atoms with van der Waals surface area (Å²) in [6.45, 7) is 4.64. The van der Waals surface area contributed by atoms with Gasteiger partial charge in [-0.1, -0.05) is 147 Å². The van der Waals surface area contributed by atoms with Gasteiger partial charge < -0.3 is 4.57 Å². The molecular formula is C47H33N3. The second-order valence-electron chi connectivity index (χ2n) is 13.8. The molecule has 3 nitrogen and oxygen atoms in total. The topological polar surface area (TPSA) is 30.7 Å². The molecule has 0 unspecified atom stereocenters. The Morgan fingerprint density at radius 1 is 0.480 bits per heavy atom. The molecule has 10 rings (SSSR count). The molecule has 2 heterocycles. The van der Waals surface area contributed by atoms with Crippen LogP contribution in [-0.2, 0) is 5.41 Å². The predicted octanol–water partition coefficient (Wildman–Crippen LogP) is 12.0. The summed E-state index contributed by atoms with van der Waals surface area (Å²) in [4.78, 5) is 10.8. The van der Waals surface area contributed by atoms with Crippen molar-refractivity contribution in [2.75, 3.05) is 0 Å². The minimum atomic E-state index is -0.115. The SMILES string of the molecule is CC1(C)c2ccccc2-c2c1ccc1c(-c3ccccc3)nc(-c3cccc(-c4cccc5c4c4ccccc4n5-c4ccccc4)c3)nc21. The molecule has 0 N–H and O–H groups in total. The Labute approximate surface area is 291 Å².